The fraction of sp³-hybridized carbons (Fsp3) is 0.481. The molecule has 0 aliphatic heterocycles. The van der Waals surface area contributed by atoms with E-state index >= 15 is 0 Å². The Labute approximate surface area is 235 Å². The molecule has 2 aliphatic rings. The average Bonchev–Trinajstić information content (AvgIpc) is 3.03. The van der Waals surface area contributed by atoms with Gasteiger partial charge in [-0.1, -0.05) is 11.6 Å². The number of fused-ring (bicyclic) bond motifs is 2. The van der Waals surface area contributed by atoms with E-state index < -0.39 is 55.9 Å². The van der Waals surface area contributed by atoms with Crippen molar-refractivity contribution in [1.82, 2.24) is 5.32 Å². The minimum Gasteiger partial charge on any atom is -0.389 e. The van der Waals surface area contributed by atoms with Gasteiger partial charge in [-0.25, -0.2) is 21.6 Å². The van der Waals surface area contributed by atoms with E-state index in [2.05, 4.69) is 10.6 Å². The lowest BCUT2D eigenvalue weighted by Gasteiger charge is -2.42. The van der Waals surface area contributed by atoms with Crippen LogP contribution in [0, 0.1) is 29.3 Å². The second kappa shape index (κ2) is 11.7. The van der Waals surface area contributed by atoms with Crippen LogP contribution in [0.4, 0.5) is 18.9 Å². The number of methoxy groups -OCH3 is 1. The number of nitrogens with one attached hydrogen (secondary N) is 2. The quantitative estimate of drug-likeness (QED) is 0.369. The summed E-state index contributed by atoms with van der Waals surface area (Å²) in [6.45, 7) is 2.09. The number of hydrogen-bond donors (Lipinski definition) is 3. The van der Waals surface area contributed by atoms with Crippen LogP contribution in [-0.4, -0.2) is 55.9 Å². The molecule has 2 aliphatic carbocycles. The topological polar surface area (TPSA) is 122 Å². The van der Waals surface area contributed by atoms with Gasteiger partial charge in [0.15, 0.2) is 27.3 Å². The summed E-state index contributed by atoms with van der Waals surface area (Å²) >= 11 is 6.25. The molecule has 2 aromatic rings. The van der Waals surface area contributed by atoms with Gasteiger partial charge in [-0.2, -0.15) is 0 Å². The van der Waals surface area contributed by atoms with Crippen LogP contribution in [0.2, 0.25) is 5.02 Å². The molecule has 4 rings (SSSR count). The third-order valence-electron chi connectivity index (χ3n) is 7.82. The first-order chi connectivity index (χ1) is 18.8. The molecule has 2 bridgehead atoms. The summed E-state index contributed by atoms with van der Waals surface area (Å²) in [5.74, 6) is -6.76. The first kappa shape index (κ1) is 30.3. The van der Waals surface area contributed by atoms with Crippen molar-refractivity contribution < 1.29 is 41.0 Å². The van der Waals surface area contributed by atoms with Crippen molar-refractivity contribution in [3.8, 4) is 0 Å². The third kappa shape index (κ3) is 6.00. The Morgan fingerprint density at radius 1 is 1.12 bits per heavy atom. The van der Waals surface area contributed by atoms with Crippen LogP contribution in [0.1, 0.15) is 49.4 Å². The number of ether oxygens (including phenoxy) is 1. The smallest absolute Gasteiger partial charge is 0.255 e. The zero-order valence-corrected chi connectivity index (χ0v) is 23.4. The zero-order valence-electron chi connectivity index (χ0n) is 21.8. The Balaban J connectivity index is 1.51. The largest absolute Gasteiger partial charge is 0.389 e. The molecule has 2 amide bonds. The highest BCUT2D eigenvalue weighted by Gasteiger charge is 2.56. The van der Waals surface area contributed by atoms with Gasteiger partial charge in [-0.05, 0) is 62.6 Å². The molecule has 0 aromatic heterocycles. The Morgan fingerprint density at radius 3 is 2.30 bits per heavy atom. The number of aliphatic hydroxyl groups is 1. The monoisotopic (exact) mass is 602 g/mol. The third-order valence-corrected chi connectivity index (χ3v) is 10.5. The van der Waals surface area contributed by atoms with Gasteiger partial charge in [-0.3, -0.25) is 9.59 Å². The van der Waals surface area contributed by atoms with Crippen molar-refractivity contribution in [3.63, 3.8) is 0 Å². The number of halogens is 4. The highest BCUT2D eigenvalue weighted by Crippen LogP contribution is 2.53. The Bertz CT molecular complexity index is 1390. The van der Waals surface area contributed by atoms with Crippen molar-refractivity contribution in [2.24, 2.45) is 11.8 Å². The Hall–Kier alpha value is -2.67. The molecular weight excluding hydrogens is 573 g/mol. The molecule has 3 atom stereocenters. The van der Waals surface area contributed by atoms with Crippen molar-refractivity contribution in [3.05, 3.63) is 58.4 Å². The molecule has 0 spiro atoms. The highest BCUT2D eigenvalue weighted by molar-refractivity contribution is 7.92. The summed E-state index contributed by atoms with van der Waals surface area (Å²) in [5.41, 5.74) is -1.84. The fourth-order valence-electron chi connectivity index (χ4n) is 5.90. The van der Waals surface area contributed by atoms with Crippen LogP contribution in [0.3, 0.4) is 0 Å². The summed E-state index contributed by atoms with van der Waals surface area (Å²) < 4.78 is 72.8. The zero-order chi connectivity index (χ0) is 29.4. The van der Waals surface area contributed by atoms with E-state index in [0.29, 0.717) is 31.6 Å². The van der Waals surface area contributed by atoms with Gasteiger partial charge in [-0.15, -0.1) is 0 Å². The molecule has 0 saturated heterocycles. The van der Waals surface area contributed by atoms with Gasteiger partial charge in [0.1, 0.15) is 0 Å². The molecule has 13 heteroatoms. The summed E-state index contributed by atoms with van der Waals surface area (Å²) in [6, 6.07) is 4.51. The maximum Gasteiger partial charge on any atom is 0.255 e. The predicted molar refractivity (Wildman–Crippen MR) is 141 cm³/mol. The minimum atomic E-state index is -4.08. The van der Waals surface area contributed by atoms with E-state index in [-0.39, 0.29) is 52.4 Å². The van der Waals surface area contributed by atoms with E-state index in [9.17, 15) is 36.3 Å². The lowest BCUT2D eigenvalue weighted by Crippen LogP contribution is -2.51. The van der Waals surface area contributed by atoms with Gasteiger partial charge in [0.2, 0.25) is 5.91 Å². The molecule has 0 radical (unpaired) electrons. The summed E-state index contributed by atoms with van der Waals surface area (Å²) in [5, 5.41) is 15.4. The lowest BCUT2D eigenvalue weighted by molar-refractivity contribution is -0.133. The van der Waals surface area contributed by atoms with Crippen LogP contribution in [0.25, 0.3) is 0 Å². The molecule has 8 nitrogen and oxygen atoms in total. The van der Waals surface area contributed by atoms with E-state index in [0.717, 1.165) is 6.07 Å². The van der Waals surface area contributed by atoms with Crippen molar-refractivity contribution in [2.75, 3.05) is 19.0 Å². The molecule has 2 unspecified atom stereocenters. The van der Waals surface area contributed by atoms with E-state index in [1.807, 2.05) is 0 Å². The Morgan fingerprint density at radius 2 is 1.73 bits per heavy atom. The molecular formula is C27H30ClF3N2O6S. The number of hydrogen-bond acceptors (Lipinski definition) is 6. The first-order valence-corrected chi connectivity index (χ1v) is 14.7. The van der Waals surface area contributed by atoms with Gasteiger partial charge < -0.3 is 20.5 Å². The van der Waals surface area contributed by atoms with E-state index in [1.165, 1.54) is 19.2 Å². The van der Waals surface area contributed by atoms with Gasteiger partial charge in [0, 0.05) is 36.5 Å². The molecule has 218 valence electrons. The summed E-state index contributed by atoms with van der Waals surface area (Å²) in [6.07, 6.45) is 1.20. The van der Waals surface area contributed by atoms with Gasteiger partial charge in [0.05, 0.1) is 33.8 Å². The Kier molecular flexibility index (Phi) is 8.84. The second-order valence-electron chi connectivity index (χ2n) is 10.6. The SMILES string of the molecule is COC[C@@H](C)NC(=O)CC1(O)C2CCC1CC(S(=O)(=O)c1cc(C(=O)Nc3cc(F)c(F)c(F)c3)ccc1Cl)C2. The highest BCUT2D eigenvalue weighted by atomic mass is 35.5. The average molecular weight is 603 g/mol. The van der Waals surface area contributed by atoms with Gasteiger partial charge >= 0.3 is 0 Å². The van der Waals surface area contributed by atoms with Crippen LogP contribution in [0.15, 0.2) is 35.2 Å². The summed E-state index contributed by atoms with van der Waals surface area (Å²) in [7, 11) is -2.57. The standard InChI is InChI=1S/C27H30ClF3N2O6S/c1-14(13-39-2)32-24(34)12-27(36)16-4-5-17(27)9-19(8-16)40(37,38)23-7-15(3-6-20(23)28)26(35)33-18-10-21(29)25(31)22(30)11-18/h3,6-7,10-11,14,16-17,19,36H,4-5,8-9,12-13H2,1-2H3,(H,32,34)(H,33,35)/t14-,16?,17?,19?,27?/m1/s1. The number of carbonyl (C=O) groups is 2. The van der Waals surface area contributed by atoms with Crippen LogP contribution < -0.4 is 10.6 Å². The predicted octanol–water partition coefficient (Wildman–Crippen LogP) is 4.24. The van der Waals surface area contributed by atoms with Crippen LogP contribution >= 0.6 is 11.6 Å². The number of benzene rings is 2. The lowest BCUT2D eigenvalue weighted by atomic mass is 9.72. The van der Waals surface area contributed by atoms with Crippen molar-refractivity contribution in [2.45, 2.75) is 60.8 Å². The minimum absolute atomic E-state index is 0.108. The number of anilines is 1. The molecule has 2 fully saturated rings. The maximum absolute atomic E-state index is 13.7. The number of carbonyl (C=O) groups excluding carboxylic acids is 2. The van der Waals surface area contributed by atoms with Crippen LogP contribution in [-0.2, 0) is 19.4 Å². The molecule has 2 saturated carbocycles. The number of sulfone groups is 1. The number of amides is 2. The van der Waals surface area contributed by atoms with Crippen LogP contribution in [0.5, 0.6) is 0 Å². The molecule has 2 aromatic carbocycles. The fourth-order valence-corrected chi connectivity index (χ4v) is 8.30. The first-order valence-electron chi connectivity index (χ1n) is 12.8. The normalized spacial score (nSPS) is 24.9. The van der Waals surface area contributed by atoms with E-state index in [1.54, 1.807) is 6.92 Å². The van der Waals surface area contributed by atoms with Crippen molar-refractivity contribution >= 4 is 38.9 Å². The number of rotatable bonds is 9. The molecule has 0 heterocycles. The van der Waals surface area contributed by atoms with Crippen molar-refractivity contribution in [1.29, 1.82) is 0 Å². The van der Waals surface area contributed by atoms with E-state index in [4.69, 9.17) is 16.3 Å². The maximum atomic E-state index is 13.7. The molecule has 3 N–H and O–H groups in total. The van der Waals surface area contributed by atoms with Gasteiger partial charge in [0.25, 0.3) is 5.91 Å². The molecule has 40 heavy (non-hydrogen) atoms. The summed E-state index contributed by atoms with van der Waals surface area (Å²) in [4.78, 5) is 25.0. The second-order valence-corrected chi connectivity index (χ2v) is 13.2.